The summed E-state index contributed by atoms with van der Waals surface area (Å²) in [5.41, 5.74) is 17.8. The van der Waals surface area contributed by atoms with Crippen LogP contribution in [-0.2, 0) is 14.9 Å². The Kier molecular flexibility index (Phi) is 11.9. The molecule has 4 aromatic rings. The van der Waals surface area contributed by atoms with Gasteiger partial charge in [0.25, 0.3) is 0 Å². The van der Waals surface area contributed by atoms with Gasteiger partial charge in [-0.3, -0.25) is 0 Å². The predicted molar refractivity (Wildman–Crippen MR) is 224 cm³/mol. The summed E-state index contributed by atoms with van der Waals surface area (Å²) in [6.07, 6.45) is 6.07. The van der Waals surface area contributed by atoms with Gasteiger partial charge in [0.05, 0.1) is 17.6 Å². The number of nitrogens with one attached hydrogen (secondary N) is 2. The highest BCUT2D eigenvalue weighted by atomic mass is 32.2. The Morgan fingerprint density at radius 3 is 1.95 bits per heavy atom. The van der Waals surface area contributed by atoms with Gasteiger partial charge in [0.15, 0.2) is 0 Å². The zero-order valence-electron chi connectivity index (χ0n) is 34.5. The van der Waals surface area contributed by atoms with E-state index in [1.807, 2.05) is 24.3 Å². The minimum absolute atomic E-state index is 0.0249. The standard InChI is InChI=1S/C47H54N2O5S/c1-25(2)39-22-35(15-18-41(39)48-45-29(7)20-27(5)31(9)33(45)11)44(38-17-14-37(47(50)54-13)24-43(38)55(51,52)53)36-16-19-42(40(23-36)26(3)4)49-46-30(8)21-28(6)32(10)34(46)12/h14-26,48H,1-13H3,(H,51,52,53). The van der Waals surface area contributed by atoms with Crippen molar-refractivity contribution in [2.45, 2.75) is 93.9 Å². The lowest BCUT2D eigenvalue weighted by atomic mass is 9.84. The Morgan fingerprint density at radius 2 is 1.35 bits per heavy atom. The molecule has 288 valence electrons. The number of carbonyl (C=O) groups excluding carboxylic acids is 1. The number of aryl methyl sites for hydroxylation is 4. The van der Waals surface area contributed by atoms with Gasteiger partial charge in [0.2, 0.25) is 11.4 Å². The topological polar surface area (TPSA) is 110 Å². The fourth-order valence-electron chi connectivity index (χ4n) is 7.50. The molecule has 0 radical (unpaired) electrons. The van der Waals surface area contributed by atoms with Gasteiger partial charge in [0, 0.05) is 39.7 Å². The van der Waals surface area contributed by atoms with Crippen molar-refractivity contribution in [1.29, 1.82) is 0 Å². The van der Waals surface area contributed by atoms with Crippen LogP contribution in [0.2, 0.25) is 0 Å². The van der Waals surface area contributed by atoms with Gasteiger partial charge in [0.1, 0.15) is 10.1 Å². The Labute approximate surface area is 327 Å². The minimum atomic E-state index is -5.05. The van der Waals surface area contributed by atoms with Gasteiger partial charge in [-0.15, -0.1) is 0 Å². The van der Waals surface area contributed by atoms with E-state index >= 15 is 0 Å². The molecule has 0 atom stereocenters. The summed E-state index contributed by atoms with van der Waals surface area (Å²) in [6, 6.07) is 14.6. The maximum absolute atomic E-state index is 13.0. The van der Waals surface area contributed by atoms with E-state index in [2.05, 4.69) is 118 Å². The van der Waals surface area contributed by atoms with E-state index in [1.54, 1.807) is 6.07 Å². The quantitative estimate of drug-likeness (QED) is 0.130. The molecule has 0 aromatic heterocycles. The van der Waals surface area contributed by atoms with E-state index in [1.165, 1.54) is 46.6 Å². The van der Waals surface area contributed by atoms with Crippen LogP contribution in [0.1, 0.15) is 105 Å². The molecular formula is C47H54N2O5S. The van der Waals surface area contributed by atoms with Crippen molar-refractivity contribution in [3.05, 3.63) is 145 Å². The van der Waals surface area contributed by atoms with Crippen LogP contribution in [0.5, 0.6) is 0 Å². The van der Waals surface area contributed by atoms with Crippen molar-refractivity contribution in [3.63, 3.8) is 0 Å². The van der Waals surface area contributed by atoms with E-state index in [4.69, 9.17) is 4.74 Å². The molecule has 0 unspecified atom stereocenters. The third-order valence-electron chi connectivity index (χ3n) is 11.1. The molecule has 4 aromatic carbocycles. The molecular weight excluding hydrogens is 705 g/mol. The molecule has 5 rings (SSSR count). The SMILES string of the molecule is COC(=O)c1ccc(C(=C2C=CC(=[NH+]c3c(C)cc(C)c(C)c3C)C(C(C)C)=C2)c2ccc(Nc3c(C)cc(C)c(C)c3C)c(C(C)C)c2)c(S(=O)(=O)[O-])c1. The largest absolute Gasteiger partial charge is 0.744 e. The lowest BCUT2D eigenvalue weighted by Crippen LogP contribution is -2.67. The van der Waals surface area contributed by atoms with E-state index in [0.717, 1.165) is 62.2 Å². The van der Waals surface area contributed by atoms with Crippen LogP contribution in [0.3, 0.4) is 0 Å². The first-order valence-corrected chi connectivity index (χ1v) is 20.2. The summed E-state index contributed by atoms with van der Waals surface area (Å²) in [6.45, 7) is 25.5. The lowest BCUT2D eigenvalue weighted by Gasteiger charge is -2.24. The molecule has 1 aliphatic carbocycles. The second kappa shape index (κ2) is 16.0. The number of ether oxygens (including phenoxy) is 1. The molecule has 0 heterocycles. The summed E-state index contributed by atoms with van der Waals surface area (Å²) >= 11 is 0. The van der Waals surface area contributed by atoms with Gasteiger partial charge in [-0.1, -0.05) is 45.9 Å². The number of benzene rings is 4. The van der Waals surface area contributed by atoms with Crippen LogP contribution in [0.4, 0.5) is 17.1 Å². The molecule has 0 bridgehead atoms. The van der Waals surface area contributed by atoms with E-state index < -0.39 is 21.0 Å². The Morgan fingerprint density at radius 1 is 0.727 bits per heavy atom. The molecule has 0 saturated carbocycles. The fraction of sp³-hybridized carbons (Fsp3) is 0.319. The Bertz CT molecular complexity index is 2460. The number of methoxy groups -OCH3 is 1. The molecule has 0 saturated heterocycles. The van der Waals surface area contributed by atoms with Crippen molar-refractivity contribution in [2.75, 3.05) is 12.4 Å². The molecule has 0 aliphatic heterocycles. The van der Waals surface area contributed by atoms with Crippen LogP contribution in [-0.4, -0.2) is 31.8 Å². The van der Waals surface area contributed by atoms with Crippen molar-refractivity contribution >= 4 is 44.4 Å². The fourth-order valence-corrected chi connectivity index (χ4v) is 8.21. The monoisotopic (exact) mass is 758 g/mol. The van der Waals surface area contributed by atoms with Gasteiger partial charge in [-0.25, -0.2) is 18.2 Å². The minimum Gasteiger partial charge on any atom is -0.744 e. The molecule has 0 spiro atoms. The number of carbonyl (C=O) groups is 1. The molecule has 7 nitrogen and oxygen atoms in total. The normalized spacial score (nSPS) is 14.8. The first-order chi connectivity index (χ1) is 25.7. The lowest BCUT2D eigenvalue weighted by molar-refractivity contribution is -0.353. The van der Waals surface area contributed by atoms with Gasteiger partial charge in [-0.05, 0) is 165 Å². The van der Waals surface area contributed by atoms with E-state index in [-0.39, 0.29) is 23.0 Å². The summed E-state index contributed by atoms with van der Waals surface area (Å²) in [5.74, 6) is -0.563. The summed E-state index contributed by atoms with van der Waals surface area (Å²) in [5, 5.41) is 3.72. The molecule has 1 aliphatic rings. The number of allylic oxidation sites excluding steroid dienone is 5. The maximum atomic E-state index is 13.0. The van der Waals surface area contributed by atoms with Crippen molar-refractivity contribution in [3.8, 4) is 0 Å². The summed E-state index contributed by atoms with van der Waals surface area (Å²) in [7, 11) is -3.83. The molecule has 55 heavy (non-hydrogen) atoms. The highest BCUT2D eigenvalue weighted by Gasteiger charge is 2.26. The number of rotatable bonds is 9. The Hall–Kier alpha value is -5.05. The van der Waals surface area contributed by atoms with Crippen LogP contribution in [0.25, 0.3) is 5.57 Å². The molecule has 0 amide bonds. The number of anilines is 2. The zero-order valence-corrected chi connectivity index (χ0v) is 35.3. The smallest absolute Gasteiger partial charge is 0.337 e. The highest BCUT2D eigenvalue weighted by Crippen LogP contribution is 2.40. The molecule has 8 heteroatoms. The zero-order chi connectivity index (χ0) is 40.7. The predicted octanol–water partition coefficient (Wildman–Crippen LogP) is 9.52. The summed E-state index contributed by atoms with van der Waals surface area (Å²) < 4.78 is 44.0. The summed E-state index contributed by atoms with van der Waals surface area (Å²) in [4.78, 5) is 15.8. The van der Waals surface area contributed by atoms with Crippen molar-refractivity contribution in [2.24, 2.45) is 5.92 Å². The van der Waals surface area contributed by atoms with Crippen molar-refractivity contribution < 1.29 is 27.5 Å². The second-order valence-electron chi connectivity index (χ2n) is 15.5. The van der Waals surface area contributed by atoms with Gasteiger partial charge < -0.3 is 14.6 Å². The number of hydrogen-bond donors (Lipinski definition) is 2. The number of hydrogen-bond acceptors (Lipinski definition) is 6. The molecule has 0 fully saturated rings. The Balaban J connectivity index is 1.82. The van der Waals surface area contributed by atoms with Gasteiger partial charge in [-0.2, -0.15) is 0 Å². The second-order valence-corrected chi connectivity index (χ2v) is 16.8. The van der Waals surface area contributed by atoms with Crippen LogP contribution < -0.4 is 10.3 Å². The van der Waals surface area contributed by atoms with Crippen LogP contribution in [0, 0.1) is 61.3 Å². The van der Waals surface area contributed by atoms with E-state index in [9.17, 15) is 17.8 Å². The third-order valence-corrected chi connectivity index (χ3v) is 12.0. The highest BCUT2D eigenvalue weighted by molar-refractivity contribution is 7.85. The van der Waals surface area contributed by atoms with Crippen LogP contribution in [0.15, 0.2) is 82.8 Å². The van der Waals surface area contributed by atoms with Crippen molar-refractivity contribution in [1.82, 2.24) is 0 Å². The number of esters is 1. The van der Waals surface area contributed by atoms with E-state index in [0.29, 0.717) is 5.57 Å². The first-order valence-electron chi connectivity index (χ1n) is 18.8. The average Bonchev–Trinajstić information content (AvgIpc) is 3.13. The maximum Gasteiger partial charge on any atom is 0.337 e. The van der Waals surface area contributed by atoms with Crippen LogP contribution >= 0.6 is 0 Å². The third kappa shape index (κ3) is 8.31. The first kappa shape index (κ1) is 41.1. The molecule has 2 N–H and O–H groups in total. The van der Waals surface area contributed by atoms with Gasteiger partial charge >= 0.3 is 5.97 Å². The average molecular weight is 759 g/mol.